The highest BCUT2D eigenvalue weighted by atomic mass is 35.5. The Morgan fingerprint density at radius 3 is 2.96 bits per heavy atom. The van der Waals surface area contributed by atoms with Crippen LogP contribution in [0.1, 0.15) is 11.3 Å². The molecule has 0 fully saturated rings. The van der Waals surface area contributed by atoms with E-state index in [1.807, 2.05) is 37.3 Å². The molecule has 0 saturated carbocycles. The second kappa shape index (κ2) is 6.62. The number of aryl methyl sites for hydroxylation is 1. The zero-order chi connectivity index (χ0) is 16.2. The van der Waals surface area contributed by atoms with E-state index in [1.165, 1.54) is 0 Å². The normalized spacial score (nSPS) is 10.7. The third-order valence-electron chi connectivity index (χ3n) is 3.24. The fourth-order valence-electron chi connectivity index (χ4n) is 2.12. The number of anilines is 1. The summed E-state index contributed by atoms with van der Waals surface area (Å²) in [5.41, 5.74) is 1.92. The number of hydrogen-bond donors (Lipinski definition) is 1. The summed E-state index contributed by atoms with van der Waals surface area (Å²) in [5.74, 6) is 0.0409. The van der Waals surface area contributed by atoms with Crippen molar-refractivity contribution in [3.05, 3.63) is 59.1 Å². The molecule has 0 atom stereocenters. The number of nitrogens with zero attached hydrogens (tertiary/aromatic N) is 5. The van der Waals surface area contributed by atoms with Crippen molar-refractivity contribution in [2.24, 2.45) is 0 Å². The van der Waals surface area contributed by atoms with E-state index < -0.39 is 0 Å². The van der Waals surface area contributed by atoms with Gasteiger partial charge in [-0.05, 0) is 30.7 Å². The lowest BCUT2D eigenvalue weighted by Crippen LogP contribution is -2.21. The molecule has 1 aromatic carbocycles. The SMILES string of the molecule is Cc1ccnn1CC(=O)Nc1ncn(Cc2cccc(Cl)c2)n1. The van der Waals surface area contributed by atoms with E-state index in [4.69, 9.17) is 11.6 Å². The van der Waals surface area contributed by atoms with E-state index in [9.17, 15) is 4.79 Å². The molecular weight excluding hydrogens is 316 g/mol. The van der Waals surface area contributed by atoms with Crippen molar-refractivity contribution in [3.63, 3.8) is 0 Å². The minimum absolute atomic E-state index is 0.127. The average molecular weight is 331 g/mol. The number of amides is 1. The molecule has 23 heavy (non-hydrogen) atoms. The first-order valence-corrected chi connectivity index (χ1v) is 7.40. The van der Waals surface area contributed by atoms with Crippen molar-refractivity contribution < 1.29 is 4.79 Å². The molecule has 2 heterocycles. The minimum Gasteiger partial charge on any atom is -0.292 e. The third kappa shape index (κ3) is 3.95. The number of rotatable bonds is 5. The quantitative estimate of drug-likeness (QED) is 0.777. The first-order chi connectivity index (χ1) is 11.1. The highest BCUT2D eigenvalue weighted by Gasteiger charge is 2.09. The largest absolute Gasteiger partial charge is 0.292 e. The lowest BCUT2D eigenvalue weighted by atomic mass is 10.2. The van der Waals surface area contributed by atoms with Gasteiger partial charge >= 0.3 is 0 Å². The molecule has 3 rings (SSSR count). The Morgan fingerprint density at radius 2 is 2.22 bits per heavy atom. The molecule has 1 amide bonds. The molecule has 118 valence electrons. The standard InChI is InChI=1S/C15H15ClN6O/c1-11-5-6-18-22(11)9-14(23)19-15-17-10-21(20-15)8-12-3-2-4-13(16)7-12/h2-7,10H,8-9H2,1H3,(H,19,20,23). The van der Waals surface area contributed by atoms with Gasteiger partial charge in [-0.2, -0.15) is 5.10 Å². The number of carbonyl (C=O) groups excluding carboxylic acids is 1. The van der Waals surface area contributed by atoms with Crippen molar-refractivity contribution in [1.82, 2.24) is 24.5 Å². The van der Waals surface area contributed by atoms with E-state index in [1.54, 1.807) is 21.9 Å². The third-order valence-corrected chi connectivity index (χ3v) is 3.48. The summed E-state index contributed by atoms with van der Waals surface area (Å²) in [5, 5.41) is 11.6. The van der Waals surface area contributed by atoms with Gasteiger partial charge in [0.15, 0.2) is 0 Å². The first kappa shape index (κ1) is 15.2. The topological polar surface area (TPSA) is 77.6 Å². The Kier molecular flexibility index (Phi) is 4.38. The number of aromatic nitrogens is 5. The highest BCUT2D eigenvalue weighted by Crippen LogP contribution is 2.11. The van der Waals surface area contributed by atoms with E-state index in [0.29, 0.717) is 11.6 Å². The lowest BCUT2D eigenvalue weighted by molar-refractivity contribution is -0.117. The molecule has 0 aliphatic rings. The second-order valence-electron chi connectivity index (χ2n) is 5.07. The highest BCUT2D eigenvalue weighted by molar-refractivity contribution is 6.30. The van der Waals surface area contributed by atoms with Crippen LogP contribution in [-0.4, -0.2) is 30.5 Å². The Hall–Kier alpha value is -2.67. The van der Waals surface area contributed by atoms with Gasteiger partial charge in [-0.25, -0.2) is 9.67 Å². The molecule has 8 heteroatoms. The molecule has 7 nitrogen and oxygen atoms in total. The molecule has 0 aliphatic heterocycles. The van der Waals surface area contributed by atoms with Gasteiger partial charge in [-0.3, -0.25) is 14.8 Å². The van der Waals surface area contributed by atoms with E-state index in [-0.39, 0.29) is 18.4 Å². The molecule has 1 N–H and O–H groups in total. The molecule has 0 unspecified atom stereocenters. The number of carbonyl (C=O) groups is 1. The van der Waals surface area contributed by atoms with Crippen LogP contribution >= 0.6 is 11.6 Å². The minimum atomic E-state index is -0.225. The van der Waals surface area contributed by atoms with Crippen LogP contribution in [0, 0.1) is 6.92 Å². The van der Waals surface area contributed by atoms with Gasteiger partial charge in [0.1, 0.15) is 12.9 Å². The Labute approximate surface area is 137 Å². The fraction of sp³-hybridized carbons (Fsp3) is 0.200. The zero-order valence-electron chi connectivity index (χ0n) is 12.5. The van der Waals surface area contributed by atoms with Gasteiger partial charge in [-0.1, -0.05) is 23.7 Å². The maximum Gasteiger partial charge on any atom is 0.248 e. The lowest BCUT2D eigenvalue weighted by Gasteiger charge is -2.04. The van der Waals surface area contributed by atoms with Crippen molar-refractivity contribution >= 4 is 23.5 Å². The summed E-state index contributed by atoms with van der Waals surface area (Å²) >= 11 is 5.95. The van der Waals surface area contributed by atoms with Crippen LogP contribution in [-0.2, 0) is 17.9 Å². The summed E-state index contributed by atoms with van der Waals surface area (Å²) in [6.45, 7) is 2.54. The molecule has 0 saturated heterocycles. The van der Waals surface area contributed by atoms with Crippen LogP contribution in [0.5, 0.6) is 0 Å². The summed E-state index contributed by atoms with van der Waals surface area (Å²) in [6, 6.07) is 9.35. The van der Waals surface area contributed by atoms with E-state index in [0.717, 1.165) is 11.3 Å². The number of benzene rings is 1. The van der Waals surface area contributed by atoms with Crippen molar-refractivity contribution in [3.8, 4) is 0 Å². The van der Waals surface area contributed by atoms with Gasteiger partial charge in [-0.15, -0.1) is 5.10 Å². The van der Waals surface area contributed by atoms with Crippen molar-refractivity contribution in [2.45, 2.75) is 20.0 Å². The predicted molar refractivity (Wildman–Crippen MR) is 86.2 cm³/mol. The number of hydrogen-bond acceptors (Lipinski definition) is 4. The van der Waals surface area contributed by atoms with E-state index >= 15 is 0 Å². The van der Waals surface area contributed by atoms with Crippen molar-refractivity contribution in [2.75, 3.05) is 5.32 Å². The van der Waals surface area contributed by atoms with Gasteiger partial charge < -0.3 is 0 Å². The summed E-state index contributed by atoms with van der Waals surface area (Å²) < 4.78 is 3.25. The molecule has 0 aliphatic carbocycles. The smallest absolute Gasteiger partial charge is 0.248 e. The van der Waals surface area contributed by atoms with Crippen molar-refractivity contribution in [1.29, 1.82) is 0 Å². The number of halogens is 1. The van der Waals surface area contributed by atoms with Gasteiger partial charge in [0.2, 0.25) is 11.9 Å². The van der Waals surface area contributed by atoms with Crippen LogP contribution < -0.4 is 5.32 Å². The Morgan fingerprint density at radius 1 is 1.35 bits per heavy atom. The summed E-state index contributed by atoms with van der Waals surface area (Å²) in [4.78, 5) is 16.0. The Bertz CT molecular complexity index is 825. The van der Waals surface area contributed by atoms with Gasteiger partial charge in [0.05, 0.1) is 6.54 Å². The zero-order valence-corrected chi connectivity index (χ0v) is 13.2. The van der Waals surface area contributed by atoms with E-state index in [2.05, 4.69) is 20.5 Å². The Balaban J connectivity index is 1.61. The van der Waals surface area contributed by atoms with Crippen LogP contribution in [0.3, 0.4) is 0 Å². The molecular formula is C15H15ClN6O. The first-order valence-electron chi connectivity index (χ1n) is 7.02. The van der Waals surface area contributed by atoms with Crippen LogP contribution in [0.15, 0.2) is 42.9 Å². The molecule has 2 aromatic heterocycles. The fourth-order valence-corrected chi connectivity index (χ4v) is 2.33. The van der Waals surface area contributed by atoms with Gasteiger partial charge in [0.25, 0.3) is 0 Å². The monoisotopic (exact) mass is 330 g/mol. The van der Waals surface area contributed by atoms with Crippen LogP contribution in [0.2, 0.25) is 5.02 Å². The summed E-state index contributed by atoms with van der Waals surface area (Å²) in [7, 11) is 0. The summed E-state index contributed by atoms with van der Waals surface area (Å²) in [6.07, 6.45) is 3.22. The second-order valence-corrected chi connectivity index (χ2v) is 5.51. The number of nitrogens with one attached hydrogen (secondary N) is 1. The van der Waals surface area contributed by atoms with Gasteiger partial charge in [0, 0.05) is 16.9 Å². The molecule has 3 aromatic rings. The maximum absolute atomic E-state index is 12.0. The molecule has 0 spiro atoms. The van der Waals surface area contributed by atoms with Crippen LogP contribution in [0.4, 0.5) is 5.95 Å². The maximum atomic E-state index is 12.0. The van der Waals surface area contributed by atoms with Crippen LogP contribution in [0.25, 0.3) is 0 Å². The predicted octanol–water partition coefficient (Wildman–Crippen LogP) is 2.12. The average Bonchev–Trinajstić information content (AvgIpc) is 3.09. The molecule has 0 bridgehead atoms. The molecule has 0 radical (unpaired) electrons.